The highest BCUT2D eigenvalue weighted by Crippen LogP contribution is 2.38. The van der Waals surface area contributed by atoms with Gasteiger partial charge in [0.1, 0.15) is 11.5 Å². The van der Waals surface area contributed by atoms with Gasteiger partial charge >= 0.3 is 0 Å². The van der Waals surface area contributed by atoms with Crippen LogP contribution in [0.5, 0.6) is 11.5 Å². The molecule has 2 bridgehead atoms. The normalized spacial score (nSPS) is 28.2. The van der Waals surface area contributed by atoms with Gasteiger partial charge in [-0.2, -0.15) is 0 Å². The Hall–Kier alpha value is -1.55. The fourth-order valence-corrected chi connectivity index (χ4v) is 3.29. The fraction of sp³-hybridized carbons (Fsp3) is 0.562. The van der Waals surface area contributed by atoms with Crippen LogP contribution in [0.15, 0.2) is 18.2 Å². The predicted octanol–water partition coefficient (Wildman–Crippen LogP) is 2.84. The van der Waals surface area contributed by atoms with Gasteiger partial charge in [-0.3, -0.25) is 4.79 Å². The zero-order valence-electron chi connectivity index (χ0n) is 11.9. The van der Waals surface area contributed by atoms with Gasteiger partial charge in [-0.15, -0.1) is 0 Å². The quantitative estimate of drug-likeness (QED) is 0.793. The summed E-state index contributed by atoms with van der Waals surface area (Å²) in [5.41, 5.74) is 0.652. The van der Waals surface area contributed by atoms with Gasteiger partial charge in [0, 0.05) is 12.0 Å². The molecule has 2 fully saturated rings. The molecule has 0 saturated carbocycles. The summed E-state index contributed by atoms with van der Waals surface area (Å²) in [5.74, 6) is 1.52. The van der Waals surface area contributed by atoms with Gasteiger partial charge in [0.25, 0.3) is 0 Å². The molecule has 2 atom stereocenters. The van der Waals surface area contributed by atoms with Gasteiger partial charge in [-0.1, -0.05) is 0 Å². The van der Waals surface area contributed by atoms with Crippen molar-refractivity contribution in [1.29, 1.82) is 0 Å². The molecule has 2 aliphatic rings. The molecule has 2 heterocycles. The molecular formula is C16H20O4. The van der Waals surface area contributed by atoms with E-state index in [1.54, 1.807) is 26.4 Å². The molecule has 108 valence electrons. The molecule has 4 nitrogen and oxygen atoms in total. The van der Waals surface area contributed by atoms with E-state index in [0.29, 0.717) is 17.1 Å². The van der Waals surface area contributed by atoms with Crippen LogP contribution in [0.25, 0.3) is 0 Å². The molecule has 1 aromatic carbocycles. The monoisotopic (exact) mass is 276 g/mol. The number of Topliss-reactive ketones (excluding diaryl/α,β-unsaturated/α-hetero) is 1. The Kier molecular flexibility index (Phi) is 3.66. The van der Waals surface area contributed by atoms with Gasteiger partial charge in [-0.25, -0.2) is 0 Å². The molecule has 0 aliphatic carbocycles. The average Bonchev–Trinajstić information content (AvgIpc) is 2.84. The number of carbonyl (C=O) groups is 1. The van der Waals surface area contributed by atoms with E-state index in [-0.39, 0.29) is 23.9 Å². The second kappa shape index (κ2) is 5.44. The van der Waals surface area contributed by atoms with Crippen LogP contribution in [-0.4, -0.2) is 32.2 Å². The maximum atomic E-state index is 12.7. The molecule has 0 N–H and O–H groups in total. The van der Waals surface area contributed by atoms with Crippen LogP contribution < -0.4 is 9.47 Å². The van der Waals surface area contributed by atoms with Crippen molar-refractivity contribution in [1.82, 2.24) is 0 Å². The van der Waals surface area contributed by atoms with E-state index in [1.165, 1.54) is 0 Å². The Labute approximate surface area is 119 Å². The average molecular weight is 276 g/mol. The Bertz CT molecular complexity index is 499. The molecule has 4 heteroatoms. The number of rotatable bonds is 4. The summed E-state index contributed by atoms with van der Waals surface area (Å²) >= 11 is 0. The molecule has 0 spiro atoms. The SMILES string of the molecule is COc1ccc(C(=O)C2CC3CCC(C2)O3)c(OC)c1. The number of hydrogen-bond donors (Lipinski definition) is 0. The number of benzene rings is 1. The van der Waals surface area contributed by atoms with Crippen molar-refractivity contribution in [3.05, 3.63) is 23.8 Å². The Morgan fingerprint density at radius 1 is 1.15 bits per heavy atom. The molecule has 3 rings (SSSR count). The van der Waals surface area contributed by atoms with E-state index in [2.05, 4.69) is 0 Å². The lowest BCUT2D eigenvalue weighted by Gasteiger charge is -2.27. The summed E-state index contributed by atoms with van der Waals surface area (Å²) in [6.45, 7) is 0. The first-order valence-electron chi connectivity index (χ1n) is 7.13. The highest BCUT2D eigenvalue weighted by molar-refractivity contribution is 6.00. The zero-order chi connectivity index (χ0) is 14.1. The van der Waals surface area contributed by atoms with E-state index < -0.39 is 0 Å². The predicted molar refractivity (Wildman–Crippen MR) is 74.5 cm³/mol. The summed E-state index contributed by atoms with van der Waals surface area (Å²) in [4.78, 5) is 12.7. The number of hydrogen-bond acceptors (Lipinski definition) is 4. The largest absolute Gasteiger partial charge is 0.497 e. The number of ketones is 1. The van der Waals surface area contributed by atoms with Gasteiger partial charge < -0.3 is 14.2 Å². The Balaban J connectivity index is 1.83. The van der Waals surface area contributed by atoms with E-state index in [1.807, 2.05) is 6.07 Å². The van der Waals surface area contributed by atoms with E-state index in [9.17, 15) is 4.79 Å². The van der Waals surface area contributed by atoms with Gasteiger partial charge in [0.2, 0.25) is 0 Å². The minimum atomic E-state index is 0.0588. The Morgan fingerprint density at radius 3 is 2.45 bits per heavy atom. The first-order chi connectivity index (χ1) is 9.71. The molecule has 0 radical (unpaired) electrons. The minimum absolute atomic E-state index is 0.0588. The van der Waals surface area contributed by atoms with Crippen molar-refractivity contribution in [3.8, 4) is 11.5 Å². The third kappa shape index (κ3) is 2.40. The lowest BCUT2D eigenvalue weighted by Crippen LogP contribution is -2.30. The van der Waals surface area contributed by atoms with Crippen molar-refractivity contribution in [2.24, 2.45) is 5.92 Å². The highest BCUT2D eigenvalue weighted by atomic mass is 16.5. The molecule has 20 heavy (non-hydrogen) atoms. The van der Waals surface area contributed by atoms with Crippen LogP contribution in [0.1, 0.15) is 36.0 Å². The van der Waals surface area contributed by atoms with E-state index in [0.717, 1.165) is 25.7 Å². The first-order valence-corrected chi connectivity index (χ1v) is 7.13. The zero-order valence-corrected chi connectivity index (χ0v) is 11.9. The lowest BCUT2D eigenvalue weighted by atomic mass is 9.87. The molecule has 0 amide bonds. The van der Waals surface area contributed by atoms with Gasteiger partial charge in [-0.05, 0) is 37.8 Å². The standard InChI is InChI=1S/C16H20O4/c1-18-11-5-6-14(15(9-11)19-2)16(17)10-7-12-3-4-13(8-10)20-12/h5-6,9-10,12-13H,3-4,7-8H2,1-2H3. The molecule has 1 aromatic rings. The highest BCUT2D eigenvalue weighted by Gasteiger charge is 2.38. The maximum Gasteiger partial charge on any atom is 0.169 e. The maximum absolute atomic E-state index is 12.7. The van der Waals surface area contributed by atoms with Crippen molar-refractivity contribution in [2.45, 2.75) is 37.9 Å². The molecule has 0 aromatic heterocycles. The minimum Gasteiger partial charge on any atom is -0.497 e. The summed E-state index contributed by atoms with van der Waals surface area (Å²) in [7, 11) is 3.19. The van der Waals surface area contributed by atoms with Crippen LogP contribution in [0.2, 0.25) is 0 Å². The smallest absolute Gasteiger partial charge is 0.169 e. The Morgan fingerprint density at radius 2 is 1.85 bits per heavy atom. The third-order valence-corrected chi connectivity index (χ3v) is 4.34. The molecule has 2 unspecified atom stereocenters. The van der Waals surface area contributed by atoms with Crippen molar-refractivity contribution in [3.63, 3.8) is 0 Å². The summed E-state index contributed by atoms with van der Waals surface area (Å²) < 4.78 is 16.3. The molecular weight excluding hydrogens is 256 g/mol. The van der Waals surface area contributed by atoms with Crippen LogP contribution in [0.4, 0.5) is 0 Å². The number of fused-ring (bicyclic) bond motifs is 2. The van der Waals surface area contributed by atoms with Crippen LogP contribution in [0, 0.1) is 5.92 Å². The summed E-state index contributed by atoms with van der Waals surface area (Å²) in [6.07, 6.45) is 4.40. The lowest BCUT2D eigenvalue weighted by molar-refractivity contribution is -0.0149. The molecule has 2 aliphatic heterocycles. The van der Waals surface area contributed by atoms with Crippen LogP contribution in [-0.2, 0) is 4.74 Å². The summed E-state index contributed by atoms with van der Waals surface area (Å²) in [6, 6.07) is 5.38. The topological polar surface area (TPSA) is 44.8 Å². The van der Waals surface area contributed by atoms with Crippen molar-refractivity contribution in [2.75, 3.05) is 14.2 Å². The second-order valence-corrected chi connectivity index (χ2v) is 5.56. The number of ether oxygens (including phenoxy) is 3. The van der Waals surface area contributed by atoms with Gasteiger partial charge in [0.15, 0.2) is 5.78 Å². The first kappa shape index (κ1) is 13.4. The summed E-state index contributed by atoms with van der Waals surface area (Å²) in [5, 5.41) is 0. The van der Waals surface area contributed by atoms with Gasteiger partial charge in [0.05, 0.1) is 32.0 Å². The van der Waals surface area contributed by atoms with Crippen LogP contribution in [0.3, 0.4) is 0 Å². The number of methoxy groups -OCH3 is 2. The van der Waals surface area contributed by atoms with Crippen LogP contribution >= 0.6 is 0 Å². The fourth-order valence-electron chi connectivity index (χ4n) is 3.29. The van der Waals surface area contributed by atoms with E-state index in [4.69, 9.17) is 14.2 Å². The van der Waals surface area contributed by atoms with Crippen molar-refractivity contribution >= 4 is 5.78 Å². The van der Waals surface area contributed by atoms with E-state index >= 15 is 0 Å². The molecule has 2 saturated heterocycles. The third-order valence-electron chi connectivity index (χ3n) is 4.34. The second-order valence-electron chi connectivity index (χ2n) is 5.56. The van der Waals surface area contributed by atoms with Crippen molar-refractivity contribution < 1.29 is 19.0 Å². The number of carbonyl (C=O) groups excluding carboxylic acids is 1.